The van der Waals surface area contributed by atoms with E-state index in [1.807, 2.05) is 0 Å². The molecule has 1 saturated heterocycles. The maximum atomic E-state index is 3.48. The van der Waals surface area contributed by atoms with E-state index in [0.29, 0.717) is 6.04 Å². The van der Waals surface area contributed by atoms with E-state index in [4.69, 9.17) is 0 Å². The molecule has 3 nitrogen and oxygen atoms in total. The summed E-state index contributed by atoms with van der Waals surface area (Å²) in [6.45, 7) is 3.19. The first-order valence-corrected chi connectivity index (χ1v) is 4.43. The molecule has 0 aliphatic carbocycles. The van der Waals surface area contributed by atoms with Crippen LogP contribution in [0.1, 0.15) is 11.7 Å². The van der Waals surface area contributed by atoms with E-state index >= 15 is 0 Å². The smallest absolute Gasteiger partial charge is 0.0601 e. The fraction of sp³-hybridized carbons (Fsp3) is 0.556. The van der Waals surface area contributed by atoms with Crippen LogP contribution in [0.2, 0.25) is 0 Å². The van der Waals surface area contributed by atoms with Crippen LogP contribution in [0.15, 0.2) is 18.3 Å². The molecule has 2 N–H and O–H groups in total. The predicted molar refractivity (Wildman–Crippen MR) is 49.0 cm³/mol. The fourth-order valence-corrected chi connectivity index (χ4v) is 1.70. The summed E-state index contributed by atoms with van der Waals surface area (Å²) in [5, 5.41) is 6.85. The third-order valence-electron chi connectivity index (χ3n) is 2.38. The molecule has 1 atom stereocenters. The van der Waals surface area contributed by atoms with E-state index in [1.165, 1.54) is 5.69 Å². The van der Waals surface area contributed by atoms with Crippen LogP contribution in [-0.4, -0.2) is 24.2 Å². The zero-order valence-corrected chi connectivity index (χ0v) is 7.38. The van der Waals surface area contributed by atoms with Crippen molar-refractivity contribution in [2.45, 2.75) is 6.04 Å². The molecule has 0 bridgehead atoms. The number of nitrogens with one attached hydrogen (secondary N) is 2. The molecule has 0 spiro atoms. The monoisotopic (exact) mass is 165 g/mol. The van der Waals surface area contributed by atoms with E-state index in [0.717, 1.165) is 19.6 Å². The summed E-state index contributed by atoms with van der Waals surface area (Å²) in [6.07, 6.45) is 2.09. The largest absolute Gasteiger partial charge is 0.353 e. The van der Waals surface area contributed by atoms with Gasteiger partial charge in [0, 0.05) is 38.6 Å². The highest BCUT2D eigenvalue weighted by molar-refractivity contribution is 5.12. The van der Waals surface area contributed by atoms with Gasteiger partial charge in [-0.1, -0.05) is 0 Å². The van der Waals surface area contributed by atoms with Crippen LogP contribution in [0.3, 0.4) is 0 Å². The minimum Gasteiger partial charge on any atom is -0.353 e. The minimum atomic E-state index is 0.485. The fourth-order valence-electron chi connectivity index (χ4n) is 1.70. The van der Waals surface area contributed by atoms with Crippen molar-refractivity contribution in [3.63, 3.8) is 0 Å². The van der Waals surface area contributed by atoms with Gasteiger partial charge in [-0.05, 0) is 12.1 Å². The van der Waals surface area contributed by atoms with Gasteiger partial charge >= 0.3 is 0 Å². The second-order valence-electron chi connectivity index (χ2n) is 3.25. The van der Waals surface area contributed by atoms with Crippen molar-refractivity contribution < 1.29 is 0 Å². The first-order chi connectivity index (χ1) is 5.88. The van der Waals surface area contributed by atoms with Gasteiger partial charge in [0.2, 0.25) is 0 Å². The lowest BCUT2D eigenvalue weighted by Crippen LogP contribution is -2.43. The zero-order chi connectivity index (χ0) is 8.39. The standard InChI is InChI=1S/C9H15N3/c1-12-6-2-3-9(12)8-7-10-4-5-11-8/h2-3,6,8,10-11H,4-5,7H2,1H3/t8-/m0/s1. The SMILES string of the molecule is Cn1cccc1[C@@H]1CNCCN1. The molecular weight excluding hydrogens is 150 g/mol. The topological polar surface area (TPSA) is 29.0 Å². The predicted octanol–water partition coefficient (Wildman–Crippen LogP) is 0.259. The van der Waals surface area contributed by atoms with Gasteiger partial charge in [-0.2, -0.15) is 0 Å². The molecule has 12 heavy (non-hydrogen) atoms. The number of hydrogen-bond acceptors (Lipinski definition) is 2. The Balaban J connectivity index is 2.13. The van der Waals surface area contributed by atoms with E-state index in [1.54, 1.807) is 0 Å². The van der Waals surface area contributed by atoms with Crippen molar-refractivity contribution in [1.29, 1.82) is 0 Å². The normalized spacial score (nSPS) is 24.2. The van der Waals surface area contributed by atoms with Gasteiger partial charge in [0.25, 0.3) is 0 Å². The molecule has 0 unspecified atom stereocenters. The summed E-state index contributed by atoms with van der Waals surface area (Å²) in [4.78, 5) is 0. The van der Waals surface area contributed by atoms with Gasteiger partial charge in [-0.3, -0.25) is 0 Å². The number of piperazine rings is 1. The van der Waals surface area contributed by atoms with Crippen LogP contribution in [0.5, 0.6) is 0 Å². The Labute approximate surface area is 72.8 Å². The van der Waals surface area contributed by atoms with Crippen molar-refractivity contribution in [2.24, 2.45) is 7.05 Å². The van der Waals surface area contributed by atoms with Gasteiger partial charge in [-0.15, -0.1) is 0 Å². The van der Waals surface area contributed by atoms with Crippen molar-refractivity contribution in [3.05, 3.63) is 24.0 Å². The molecule has 1 fully saturated rings. The van der Waals surface area contributed by atoms with Gasteiger partial charge in [-0.25, -0.2) is 0 Å². The van der Waals surface area contributed by atoms with Crippen molar-refractivity contribution >= 4 is 0 Å². The lowest BCUT2D eigenvalue weighted by Gasteiger charge is -2.24. The molecule has 1 aromatic rings. The lowest BCUT2D eigenvalue weighted by molar-refractivity contribution is 0.416. The Morgan fingerprint density at radius 1 is 1.50 bits per heavy atom. The second kappa shape index (κ2) is 3.29. The molecule has 1 aliphatic heterocycles. The minimum absolute atomic E-state index is 0.485. The van der Waals surface area contributed by atoms with Crippen molar-refractivity contribution in [2.75, 3.05) is 19.6 Å². The number of hydrogen-bond donors (Lipinski definition) is 2. The highest BCUT2D eigenvalue weighted by Crippen LogP contribution is 2.12. The van der Waals surface area contributed by atoms with Crippen molar-refractivity contribution in [1.82, 2.24) is 15.2 Å². The number of aryl methyl sites for hydroxylation is 1. The molecule has 0 amide bonds. The van der Waals surface area contributed by atoms with Crippen LogP contribution in [0.4, 0.5) is 0 Å². The Morgan fingerprint density at radius 2 is 2.42 bits per heavy atom. The lowest BCUT2D eigenvalue weighted by atomic mass is 10.2. The molecule has 0 radical (unpaired) electrons. The van der Waals surface area contributed by atoms with E-state index in [2.05, 4.69) is 40.6 Å². The first kappa shape index (κ1) is 7.83. The van der Waals surface area contributed by atoms with Crippen LogP contribution in [0.25, 0.3) is 0 Å². The van der Waals surface area contributed by atoms with Gasteiger partial charge in [0.15, 0.2) is 0 Å². The summed E-state index contributed by atoms with van der Waals surface area (Å²) in [6, 6.07) is 4.75. The molecule has 66 valence electrons. The van der Waals surface area contributed by atoms with E-state index in [-0.39, 0.29) is 0 Å². The quantitative estimate of drug-likeness (QED) is 0.625. The van der Waals surface area contributed by atoms with Gasteiger partial charge in [0.05, 0.1) is 6.04 Å². The molecular formula is C9H15N3. The maximum absolute atomic E-state index is 3.48. The zero-order valence-electron chi connectivity index (χ0n) is 7.38. The van der Waals surface area contributed by atoms with Crippen LogP contribution >= 0.6 is 0 Å². The Kier molecular flexibility index (Phi) is 2.15. The summed E-state index contributed by atoms with van der Waals surface area (Å²) < 4.78 is 2.17. The Morgan fingerprint density at radius 3 is 3.00 bits per heavy atom. The van der Waals surface area contributed by atoms with E-state index < -0.39 is 0 Å². The van der Waals surface area contributed by atoms with Crippen LogP contribution in [-0.2, 0) is 7.05 Å². The Hall–Kier alpha value is -0.800. The molecule has 0 aromatic carbocycles. The van der Waals surface area contributed by atoms with Gasteiger partial charge in [0.1, 0.15) is 0 Å². The summed E-state index contributed by atoms with van der Waals surface area (Å²) in [7, 11) is 2.09. The number of nitrogens with zero attached hydrogens (tertiary/aromatic N) is 1. The number of aromatic nitrogens is 1. The molecule has 1 aromatic heterocycles. The van der Waals surface area contributed by atoms with E-state index in [9.17, 15) is 0 Å². The molecule has 1 aliphatic rings. The van der Waals surface area contributed by atoms with Crippen LogP contribution in [0, 0.1) is 0 Å². The summed E-state index contributed by atoms with van der Waals surface area (Å²) >= 11 is 0. The first-order valence-electron chi connectivity index (χ1n) is 4.43. The summed E-state index contributed by atoms with van der Waals surface area (Å²) in [5.74, 6) is 0. The van der Waals surface area contributed by atoms with Crippen molar-refractivity contribution in [3.8, 4) is 0 Å². The highest BCUT2D eigenvalue weighted by Gasteiger charge is 2.15. The summed E-state index contributed by atoms with van der Waals surface area (Å²) in [5.41, 5.74) is 1.36. The molecule has 0 saturated carbocycles. The molecule has 2 heterocycles. The molecule has 2 rings (SSSR count). The maximum Gasteiger partial charge on any atom is 0.0601 e. The van der Waals surface area contributed by atoms with Crippen LogP contribution < -0.4 is 10.6 Å². The third kappa shape index (κ3) is 1.38. The molecule has 3 heteroatoms. The van der Waals surface area contributed by atoms with Gasteiger partial charge < -0.3 is 15.2 Å². The number of rotatable bonds is 1. The second-order valence-corrected chi connectivity index (χ2v) is 3.25. The highest BCUT2D eigenvalue weighted by atomic mass is 15.1. The Bertz CT molecular complexity index is 248. The average Bonchev–Trinajstić information content (AvgIpc) is 2.53. The third-order valence-corrected chi connectivity index (χ3v) is 2.38. The average molecular weight is 165 g/mol.